The van der Waals surface area contributed by atoms with Crippen molar-refractivity contribution >= 4 is 38.9 Å². The fraction of sp³-hybridized carbons (Fsp3) is 0.429. The molecule has 1 aliphatic rings. The summed E-state index contributed by atoms with van der Waals surface area (Å²) in [5, 5.41) is 5.69. The van der Waals surface area contributed by atoms with Crippen molar-refractivity contribution in [2.75, 3.05) is 11.9 Å². The lowest BCUT2D eigenvalue weighted by atomic mass is 10.3. The van der Waals surface area contributed by atoms with E-state index in [1.807, 2.05) is 6.92 Å². The molecule has 8 heteroatoms. The highest BCUT2D eigenvalue weighted by molar-refractivity contribution is 7.89. The van der Waals surface area contributed by atoms with Gasteiger partial charge < -0.3 is 10.6 Å². The van der Waals surface area contributed by atoms with Crippen LogP contribution in [0.25, 0.3) is 0 Å². The lowest BCUT2D eigenvalue weighted by molar-refractivity contribution is -0.120. The van der Waals surface area contributed by atoms with Crippen LogP contribution in [0.3, 0.4) is 0 Å². The lowest BCUT2D eigenvalue weighted by Crippen LogP contribution is -2.35. The number of carbonyl (C=O) groups is 1. The summed E-state index contributed by atoms with van der Waals surface area (Å²) in [4.78, 5) is 11.8. The van der Waals surface area contributed by atoms with Crippen molar-refractivity contribution in [2.24, 2.45) is 5.92 Å². The number of hydrogen-bond donors (Lipinski definition) is 3. The number of nitrogens with one attached hydrogen (secondary N) is 3. The quantitative estimate of drug-likeness (QED) is 0.684. The maximum atomic E-state index is 11.9. The fourth-order valence-electron chi connectivity index (χ4n) is 1.76. The van der Waals surface area contributed by atoms with Crippen LogP contribution < -0.4 is 15.4 Å². The van der Waals surface area contributed by atoms with Gasteiger partial charge in [-0.3, -0.25) is 4.79 Å². The maximum absolute atomic E-state index is 11.9. The van der Waals surface area contributed by atoms with Crippen molar-refractivity contribution in [2.45, 2.75) is 31.1 Å². The van der Waals surface area contributed by atoms with Crippen LogP contribution in [0, 0.1) is 5.92 Å². The summed E-state index contributed by atoms with van der Waals surface area (Å²) in [6.45, 7) is 2.30. The highest BCUT2D eigenvalue weighted by atomic mass is 32.2. The Labute approximate surface area is 135 Å². The van der Waals surface area contributed by atoms with Crippen LogP contribution in [0.2, 0.25) is 0 Å². The third-order valence-electron chi connectivity index (χ3n) is 3.15. The van der Waals surface area contributed by atoms with E-state index in [2.05, 4.69) is 15.4 Å². The molecule has 3 N–H and O–H groups in total. The van der Waals surface area contributed by atoms with Crippen molar-refractivity contribution in [1.29, 1.82) is 0 Å². The highest BCUT2D eigenvalue weighted by Crippen LogP contribution is 2.28. The number of anilines is 1. The van der Waals surface area contributed by atoms with Gasteiger partial charge in [0.05, 0.1) is 4.90 Å². The molecule has 1 aliphatic carbocycles. The van der Waals surface area contributed by atoms with Crippen molar-refractivity contribution < 1.29 is 13.2 Å². The number of thiocarbonyl (C=S) groups is 1. The smallest absolute Gasteiger partial charge is 0.240 e. The Hall–Kier alpha value is -1.51. The van der Waals surface area contributed by atoms with Gasteiger partial charge in [-0.2, -0.15) is 0 Å². The van der Waals surface area contributed by atoms with E-state index in [4.69, 9.17) is 12.2 Å². The summed E-state index contributed by atoms with van der Waals surface area (Å²) in [6.07, 6.45) is 2.55. The Bertz CT molecular complexity index is 652. The molecule has 0 radical (unpaired) electrons. The van der Waals surface area contributed by atoms with E-state index in [1.54, 1.807) is 12.1 Å². The summed E-state index contributed by atoms with van der Waals surface area (Å²) < 4.78 is 26.4. The molecule has 0 aliphatic heterocycles. The van der Waals surface area contributed by atoms with Crippen LogP contribution in [0.4, 0.5) is 5.69 Å². The van der Waals surface area contributed by atoms with E-state index >= 15 is 0 Å². The molecule has 2 rings (SSSR count). The van der Waals surface area contributed by atoms with Crippen LogP contribution in [0.15, 0.2) is 29.2 Å². The minimum atomic E-state index is -3.47. The molecule has 1 saturated carbocycles. The van der Waals surface area contributed by atoms with Gasteiger partial charge in [-0.15, -0.1) is 0 Å². The molecule has 0 saturated heterocycles. The fourth-order valence-corrected chi connectivity index (χ4v) is 3.11. The molecule has 120 valence electrons. The first-order chi connectivity index (χ1) is 10.4. The summed E-state index contributed by atoms with van der Waals surface area (Å²) in [7, 11) is -3.47. The zero-order chi connectivity index (χ0) is 16.2. The number of benzene rings is 1. The van der Waals surface area contributed by atoms with Gasteiger partial charge in [0, 0.05) is 18.2 Å². The van der Waals surface area contributed by atoms with E-state index in [-0.39, 0.29) is 21.8 Å². The second-order valence-electron chi connectivity index (χ2n) is 5.14. The molecule has 0 aromatic heterocycles. The largest absolute Gasteiger partial charge is 0.332 e. The molecule has 6 nitrogen and oxygen atoms in total. The van der Waals surface area contributed by atoms with E-state index in [0.717, 1.165) is 19.3 Å². The molecule has 22 heavy (non-hydrogen) atoms. The van der Waals surface area contributed by atoms with Gasteiger partial charge in [0.1, 0.15) is 0 Å². The third-order valence-corrected chi connectivity index (χ3v) is 4.83. The minimum absolute atomic E-state index is 0.0690. The van der Waals surface area contributed by atoms with Gasteiger partial charge in [0.2, 0.25) is 15.9 Å². The summed E-state index contributed by atoms with van der Waals surface area (Å²) >= 11 is 5.05. The molecule has 0 bridgehead atoms. The molecular weight excluding hydrogens is 322 g/mol. The summed E-state index contributed by atoms with van der Waals surface area (Å²) in [5.41, 5.74) is 0.621. The van der Waals surface area contributed by atoms with E-state index in [1.165, 1.54) is 12.1 Å². The van der Waals surface area contributed by atoms with Crippen molar-refractivity contribution in [3.05, 3.63) is 24.3 Å². The summed E-state index contributed by atoms with van der Waals surface area (Å²) in [5.74, 6) is 0.0115. The molecule has 1 aromatic rings. The van der Waals surface area contributed by atoms with Crippen molar-refractivity contribution in [3.8, 4) is 0 Å². The van der Waals surface area contributed by atoms with Crippen LogP contribution in [-0.4, -0.2) is 26.0 Å². The Kier molecular flexibility index (Phi) is 5.49. The standard InChI is InChI=1S/C14H19N3O3S2/c1-2-9-15-22(19,20)12-7-5-11(6-8-12)16-14(21)17-13(18)10-3-4-10/h5-8,10,15H,2-4,9H2,1H3,(H2,16,17,18,21). The topological polar surface area (TPSA) is 87.3 Å². The number of amides is 1. The molecular formula is C14H19N3O3S2. The number of rotatable bonds is 6. The molecule has 1 fully saturated rings. The zero-order valence-electron chi connectivity index (χ0n) is 12.3. The Balaban J connectivity index is 1.93. The highest BCUT2D eigenvalue weighted by Gasteiger charge is 2.30. The number of sulfonamides is 1. The second kappa shape index (κ2) is 7.17. The van der Waals surface area contributed by atoms with Crippen LogP contribution in [-0.2, 0) is 14.8 Å². The van der Waals surface area contributed by atoms with Crippen LogP contribution in [0.1, 0.15) is 26.2 Å². The molecule has 1 amide bonds. The normalized spacial score (nSPS) is 14.4. The van der Waals surface area contributed by atoms with Gasteiger partial charge >= 0.3 is 0 Å². The Morgan fingerprint density at radius 1 is 1.27 bits per heavy atom. The van der Waals surface area contributed by atoms with Gasteiger partial charge in [0.25, 0.3) is 0 Å². The Morgan fingerprint density at radius 2 is 1.91 bits per heavy atom. The first kappa shape index (κ1) is 16.9. The first-order valence-electron chi connectivity index (χ1n) is 7.14. The third kappa shape index (κ3) is 4.75. The SMILES string of the molecule is CCCNS(=O)(=O)c1ccc(NC(=S)NC(=O)C2CC2)cc1. The monoisotopic (exact) mass is 341 g/mol. The number of hydrogen-bond acceptors (Lipinski definition) is 4. The first-order valence-corrected chi connectivity index (χ1v) is 9.03. The predicted molar refractivity (Wildman–Crippen MR) is 89.0 cm³/mol. The molecule has 0 heterocycles. The van der Waals surface area contributed by atoms with Crippen molar-refractivity contribution in [1.82, 2.24) is 10.0 Å². The summed E-state index contributed by atoms with van der Waals surface area (Å²) in [6, 6.07) is 6.20. The second-order valence-corrected chi connectivity index (χ2v) is 7.32. The number of carbonyl (C=O) groups excluding carboxylic acids is 1. The molecule has 0 unspecified atom stereocenters. The van der Waals surface area contributed by atoms with Gasteiger partial charge in [-0.25, -0.2) is 13.1 Å². The molecule has 0 spiro atoms. The molecule has 0 atom stereocenters. The maximum Gasteiger partial charge on any atom is 0.240 e. The molecule has 1 aromatic carbocycles. The van der Waals surface area contributed by atoms with Gasteiger partial charge in [-0.05, 0) is 55.7 Å². The average Bonchev–Trinajstić information content (AvgIpc) is 3.30. The van der Waals surface area contributed by atoms with Crippen LogP contribution in [0.5, 0.6) is 0 Å². The van der Waals surface area contributed by atoms with Gasteiger partial charge in [-0.1, -0.05) is 6.92 Å². The Morgan fingerprint density at radius 3 is 2.45 bits per heavy atom. The minimum Gasteiger partial charge on any atom is -0.332 e. The average molecular weight is 341 g/mol. The zero-order valence-corrected chi connectivity index (χ0v) is 13.9. The van der Waals surface area contributed by atoms with Crippen molar-refractivity contribution in [3.63, 3.8) is 0 Å². The van der Waals surface area contributed by atoms with Crippen LogP contribution >= 0.6 is 12.2 Å². The predicted octanol–water partition coefficient (Wildman–Crippen LogP) is 1.60. The van der Waals surface area contributed by atoms with E-state index in [9.17, 15) is 13.2 Å². The van der Waals surface area contributed by atoms with Gasteiger partial charge in [0.15, 0.2) is 5.11 Å². The van der Waals surface area contributed by atoms with E-state index in [0.29, 0.717) is 12.2 Å². The lowest BCUT2D eigenvalue weighted by Gasteiger charge is -2.10. The van der Waals surface area contributed by atoms with E-state index < -0.39 is 10.0 Å².